The summed E-state index contributed by atoms with van der Waals surface area (Å²) in [7, 11) is 1.65. The predicted molar refractivity (Wildman–Crippen MR) is 92.1 cm³/mol. The fraction of sp³-hybridized carbons (Fsp3) is 0.235. The molecular weight excluding hydrogens is 310 g/mol. The number of anilines is 1. The molecule has 5 nitrogen and oxygen atoms in total. The molecule has 3 rings (SSSR count). The van der Waals surface area contributed by atoms with Crippen molar-refractivity contribution >= 4 is 32.7 Å². The Balaban J connectivity index is 1.77. The van der Waals surface area contributed by atoms with Gasteiger partial charge in [-0.1, -0.05) is 23.5 Å². The van der Waals surface area contributed by atoms with Crippen LogP contribution in [0.5, 0.6) is 5.75 Å². The van der Waals surface area contributed by atoms with Crippen molar-refractivity contribution in [1.82, 2.24) is 9.97 Å². The van der Waals surface area contributed by atoms with Gasteiger partial charge >= 0.3 is 0 Å². The molecule has 0 spiro atoms. The molecule has 0 radical (unpaired) electrons. The summed E-state index contributed by atoms with van der Waals surface area (Å²) >= 11 is 1.44. The lowest BCUT2D eigenvalue weighted by Gasteiger charge is -2.17. The van der Waals surface area contributed by atoms with E-state index in [2.05, 4.69) is 9.97 Å². The minimum atomic E-state index is -0.0161. The molecular formula is C17H17N3O2S. The minimum absolute atomic E-state index is 0.0161. The molecule has 2 aromatic heterocycles. The number of rotatable bonds is 5. The summed E-state index contributed by atoms with van der Waals surface area (Å²) in [6.45, 7) is 2.15. The van der Waals surface area contributed by atoms with Crippen molar-refractivity contribution in [3.05, 3.63) is 48.2 Å². The van der Waals surface area contributed by atoms with Crippen molar-refractivity contribution in [2.75, 3.05) is 18.6 Å². The zero-order valence-electron chi connectivity index (χ0n) is 13.0. The fourth-order valence-electron chi connectivity index (χ4n) is 2.29. The summed E-state index contributed by atoms with van der Waals surface area (Å²) in [4.78, 5) is 23.3. The van der Waals surface area contributed by atoms with E-state index in [1.165, 1.54) is 11.3 Å². The number of aromatic nitrogens is 2. The van der Waals surface area contributed by atoms with Crippen LogP contribution in [0.15, 0.2) is 42.6 Å². The third kappa shape index (κ3) is 3.48. The summed E-state index contributed by atoms with van der Waals surface area (Å²) in [6.07, 6.45) is 2.49. The molecule has 1 amide bonds. The van der Waals surface area contributed by atoms with E-state index in [0.717, 1.165) is 28.1 Å². The molecule has 3 aromatic rings. The number of hydrogen-bond donors (Lipinski definition) is 0. The van der Waals surface area contributed by atoms with Crippen molar-refractivity contribution in [1.29, 1.82) is 0 Å². The average molecular weight is 327 g/mol. The van der Waals surface area contributed by atoms with E-state index in [-0.39, 0.29) is 5.91 Å². The van der Waals surface area contributed by atoms with E-state index in [1.54, 1.807) is 25.1 Å². The molecule has 1 aromatic carbocycles. The van der Waals surface area contributed by atoms with Gasteiger partial charge < -0.3 is 4.74 Å². The number of methoxy groups -OCH3 is 1. The lowest BCUT2D eigenvalue weighted by Crippen LogP contribution is -2.30. The molecule has 0 N–H and O–H groups in total. The maximum atomic E-state index is 12.0. The minimum Gasteiger partial charge on any atom is -0.497 e. The van der Waals surface area contributed by atoms with Crippen LogP contribution in [0.3, 0.4) is 0 Å². The first-order valence-corrected chi connectivity index (χ1v) is 8.11. The Morgan fingerprint density at radius 2 is 2.04 bits per heavy atom. The molecule has 0 fully saturated rings. The molecule has 23 heavy (non-hydrogen) atoms. The van der Waals surface area contributed by atoms with Gasteiger partial charge in [0.05, 0.1) is 7.11 Å². The van der Waals surface area contributed by atoms with Crippen LogP contribution in [-0.4, -0.2) is 29.5 Å². The van der Waals surface area contributed by atoms with Gasteiger partial charge in [-0.25, -0.2) is 9.97 Å². The molecule has 0 aliphatic rings. The fourth-order valence-corrected chi connectivity index (χ4v) is 3.27. The van der Waals surface area contributed by atoms with Gasteiger partial charge in [0.2, 0.25) is 5.91 Å². The highest BCUT2D eigenvalue weighted by Crippen LogP contribution is 2.27. The SMILES string of the molecule is COc1ccc(CCN(C(C)=O)c2nc3cccnc3s2)cc1. The van der Waals surface area contributed by atoms with Gasteiger partial charge in [-0.05, 0) is 36.2 Å². The van der Waals surface area contributed by atoms with Crippen LogP contribution in [0.4, 0.5) is 5.13 Å². The van der Waals surface area contributed by atoms with Gasteiger partial charge in [0.25, 0.3) is 0 Å². The van der Waals surface area contributed by atoms with Gasteiger partial charge in [-0.3, -0.25) is 9.69 Å². The third-order valence-electron chi connectivity index (χ3n) is 3.55. The number of fused-ring (bicyclic) bond motifs is 1. The quantitative estimate of drug-likeness (QED) is 0.721. The van der Waals surface area contributed by atoms with Crippen molar-refractivity contribution in [2.24, 2.45) is 0 Å². The number of hydrogen-bond acceptors (Lipinski definition) is 5. The van der Waals surface area contributed by atoms with Crippen LogP contribution in [0.25, 0.3) is 10.3 Å². The molecule has 118 valence electrons. The van der Waals surface area contributed by atoms with Crippen LogP contribution in [0.1, 0.15) is 12.5 Å². The summed E-state index contributed by atoms with van der Waals surface area (Å²) in [5.74, 6) is 0.812. The Morgan fingerprint density at radius 1 is 1.26 bits per heavy atom. The number of thiazole rings is 1. The first kappa shape index (κ1) is 15.4. The number of pyridine rings is 1. The summed E-state index contributed by atoms with van der Waals surface area (Å²) in [5.41, 5.74) is 1.97. The maximum Gasteiger partial charge on any atom is 0.225 e. The Kier molecular flexibility index (Phi) is 4.52. The molecule has 0 atom stereocenters. The zero-order chi connectivity index (χ0) is 16.2. The van der Waals surface area contributed by atoms with Gasteiger partial charge in [0.15, 0.2) is 5.13 Å². The lowest BCUT2D eigenvalue weighted by atomic mass is 10.1. The average Bonchev–Trinajstić information content (AvgIpc) is 2.99. The molecule has 0 saturated carbocycles. The van der Waals surface area contributed by atoms with Crippen LogP contribution in [0.2, 0.25) is 0 Å². The van der Waals surface area contributed by atoms with E-state index in [1.807, 2.05) is 36.4 Å². The molecule has 0 unspecified atom stereocenters. The predicted octanol–water partition coefficient (Wildman–Crippen LogP) is 3.30. The first-order chi connectivity index (χ1) is 11.2. The topological polar surface area (TPSA) is 55.3 Å². The van der Waals surface area contributed by atoms with E-state index >= 15 is 0 Å². The number of carbonyl (C=O) groups excluding carboxylic acids is 1. The lowest BCUT2D eigenvalue weighted by molar-refractivity contribution is -0.116. The maximum absolute atomic E-state index is 12.0. The van der Waals surface area contributed by atoms with Crippen LogP contribution in [0, 0.1) is 0 Å². The van der Waals surface area contributed by atoms with Crippen molar-refractivity contribution in [3.8, 4) is 5.75 Å². The summed E-state index contributed by atoms with van der Waals surface area (Å²) in [5, 5.41) is 0.694. The molecule has 0 aliphatic carbocycles. The highest BCUT2D eigenvalue weighted by atomic mass is 32.1. The van der Waals surface area contributed by atoms with Crippen LogP contribution in [-0.2, 0) is 11.2 Å². The highest BCUT2D eigenvalue weighted by Gasteiger charge is 2.16. The van der Waals surface area contributed by atoms with E-state index in [0.29, 0.717) is 11.7 Å². The van der Waals surface area contributed by atoms with Crippen LogP contribution >= 0.6 is 11.3 Å². The second-order valence-corrected chi connectivity index (χ2v) is 6.05. The Hall–Kier alpha value is -2.47. The number of benzene rings is 1. The smallest absolute Gasteiger partial charge is 0.225 e. The third-order valence-corrected chi connectivity index (χ3v) is 4.55. The monoisotopic (exact) mass is 327 g/mol. The molecule has 0 aliphatic heterocycles. The Morgan fingerprint density at radius 3 is 2.70 bits per heavy atom. The van der Waals surface area contributed by atoms with E-state index in [9.17, 15) is 4.79 Å². The second kappa shape index (κ2) is 6.75. The summed E-state index contributed by atoms with van der Waals surface area (Å²) in [6, 6.07) is 11.6. The van der Waals surface area contributed by atoms with Crippen molar-refractivity contribution < 1.29 is 9.53 Å². The Labute approximate surface area is 138 Å². The number of ether oxygens (including phenoxy) is 1. The summed E-state index contributed by atoms with van der Waals surface area (Å²) < 4.78 is 5.16. The largest absolute Gasteiger partial charge is 0.497 e. The van der Waals surface area contributed by atoms with Gasteiger partial charge in [0.1, 0.15) is 16.1 Å². The van der Waals surface area contributed by atoms with E-state index < -0.39 is 0 Å². The van der Waals surface area contributed by atoms with Gasteiger partial charge in [0, 0.05) is 19.7 Å². The molecule has 2 heterocycles. The second-order valence-electron chi connectivity index (χ2n) is 5.09. The van der Waals surface area contributed by atoms with Crippen molar-refractivity contribution in [3.63, 3.8) is 0 Å². The Bertz CT molecular complexity index is 781. The number of nitrogens with zero attached hydrogens (tertiary/aromatic N) is 3. The molecule has 0 saturated heterocycles. The van der Waals surface area contributed by atoms with Gasteiger partial charge in [-0.15, -0.1) is 0 Å². The zero-order valence-corrected chi connectivity index (χ0v) is 13.8. The van der Waals surface area contributed by atoms with Gasteiger partial charge in [-0.2, -0.15) is 0 Å². The molecule has 6 heteroatoms. The number of amides is 1. The highest BCUT2D eigenvalue weighted by molar-refractivity contribution is 7.22. The number of carbonyl (C=O) groups is 1. The van der Waals surface area contributed by atoms with Crippen LogP contribution < -0.4 is 9.64 Å². The first-order valence-electron chi connectivity index (χ1n) is 7.30. The molecule has 0 bridgehead atoms. The normalized spacial score (nSPS) is 10.7. The standard InChI is InChI=1S/C17H17N3O2S/c1-12(21)20(11-9-13-5-7-14(22-2)8-6-13)17-19-15-4-3-10-18-16(15)23-17/h3-8,10H,9,11H2,1-2H3. The van der Waals surface area contributed by atoms with Crippen molar-refractivity contribution in [2.45, 2.75) is 13.3 Å². The van der Waals surface area contributed by atoms with E-state index in [4.69, 9.17) is 4.74 Å².